The van der Waals surface area contributed by atoms with Crippen molar-refractivity contribution < 1.29 is 9.53 Å². The van der Waals surface area contributed by atoms with Gasteiger partial charge in [-0.2, -0.15) is 0 Å². The molecule has 1 rings (SSSR count). The molecule has 0 saturated heterocycles. The monoisotopic (exact) mass is 281 g/mol. The minimum atomic E-state index is -0.557. The number of hydrogen-bond donors (Lipinski definition) is 3. The molecule has 0 spiro atoms. The van der Waals surface area contributed by atoms with Crippen molar-refractivity contribution in [1.82, 2.24) is 5.43 Å². The maximum Gasteiger partial charge on any atom is 0.358 e. The molecule has 5 N–H and O–H groups in total. The number of ether oxygens (including phenoxy) is 1. The number of hydrogen-bond acceptors (Lipinski definition) is 6. The van der Waals surface area contributed by atoms with Crippen LogP contribution in [0.4, 0.5) is 0 Å². The number of nitrogens with two attached hydrogens (primary N) is 2. The first-order chi connectivity index (χ1) is 8.99. The molecule has 0 atom stereocenters. The SMILES string of the molecule is CCOC(=O)/C(NN)=C(/N)Sc1ccc(C)c(C)c1. The third-order valence-corrected chi connectivity index (χ3v) is 3.49. The topological polar surface area (TPSA) is 90.4 Å². The average molecular weight is 281 g/mol. The van der Waals surface area contributed by atoms with Crippen LogP contribution in [-0.2, 0) is 9.53 Å². The average Bonchev–Trinajstić information content (AvgIpc) is 2.35. The maximum absolute atomic E-state index is 11.6. The fourth-order valence-corrected chi connectivity index (χ4v) is 2.26. The summed E-state index contributed by atoms with van der Waals surface area (Å²) < 4.78 is 4.86. The van der Waals surface area contributed by atoms with Gasteiger partial charge in [0, 0.05) is 4.90 Å². The zero-order chi connectivity index (χ0) is 14.4. The molecule has 0 fully saturated rings. The minimum Gasteiger partial charge on any atom is -0.461 e. The standard InChI is InChI=1S/C13H19N3O2S/c1-4-18-13(17)11(16-15)12(14)19-10-6-5-8(2)9(3)7-10/h5-7,16H,4,14-15H2,1-3H3/b12-11+. The normalized spacial score (nSPS) is 11.8. The number of rotatable bonds is 5. The van der Waals surface area contributed by atoms with Crippen molar-refractivity contribution in [2.24, 2.45) is 11.6 Å². The van der Waals surface area contributed by atoms with E-state index >= 15 is 0 Å². The van der Waals surface area contributed by atoms with Crippen molar-refractivity contribution in [3.8, 4) is 0 Å². The van der Waals surface area contributed by atoms with Gasteiger partial charge >= 0.3 is 5.97 Å². The first-order valence-corrected chi connectivity index (χ1v) is 6.69. The van der Waals surface area contributed by atoms with Gasteiger partial charge in [0.05, 0.1) is 6.61 Å². The van der Waals surface area contributed by atoms with E-state index in [1.54, 1.807) is 6.92 Å². The van der Waals surface area contributed by atoms with Crippen molar-refractivity contribution >= 4 is 17.7 Å². The molecule has 0 unspecified atom stereocenters. The molecule has 0 bridgehead atoms. The Kier molecular flexibility index (Phi) is 5.72. The van der Waals surface area contributed by atoms with Gasteiger partial charge in [-0.1, -0.05) is 17.8 Å². The van der Waals surface area contributed by atoms with E-state index in [2.05, 4.69) is 5.43 Å². The lowest BCUT2D eigenvalue weighted by molar-refractivity contribution is -0.139. The highest BCUT2D eigenvalue weighted by Crippen LogP contribution is 2.26. The predicted octanol–water partition coefficient (Wildman–Crippen LogP) is 1.55. The maximum atomic E-state index is 11.6. The van der Waals surface area contributed by atoms with Crippen LogP contribution in [0.15, 0.2) is 33.8 Å². The Morgan fingerprint density at radius 3 is 2.58 bits per heavy atom. The summed E-state index contributed by atoms with van der Waals surface area (Å²) in [6, 6.07) is 5.95. The van der Waals surface area contributed by atoms with Crippen molar-refractivity contribution in [1.29, 1.82) is 0 Å². The van der Waals surface area contributed by atoms with Gasteiger partial charge in [-0.3, -0.25) is 5.84 Å². The fraction of sp³-hybridized carbons (Fsp3) is 0.308. The molecule has 0 aliphatic rings. The van der Waals surface area contributed by atoms with Gasteiger partial charge in [-0.25, -0.2) is 4.79 Å². The first kappa shape index (κ1) is 15.4. The zero-order valence-electron chi connectivity index (χ0n) is 11.3. The van der Waals surface area contributed by atoms with Gasteiger partial charge in [-0.15, -0.1) is 0 Å². The van der Waals surface area contributed by atoms with Gasteiger partial charge in [0.25, 0.3) is 0 Å². The molecule has 0 aromatic heterocycles. The number of benzene rings is 1. The second kappa shape index (κ2) is 7.06. The van der Waals surface area contributed by atoms with Crippen molar-refractivity contribution in [2.45, 2.75) is 25.7 Å². The Labute approximate surface area is 117 Å². The van der Waals surface area contributed by atoms with Crippen LogP contribution < -0.4 is 17.0 Å². The number of nitrogens with one attached hydrogen (secondary N) is 1. The summed E-state index contributed by atoms with van der Waals surface area (Å²) in [6.45, 7) is 6.05. The van der Waals surface area contributed by atoms with Crippen molar-refractivity contribution in [3.05, 3.63) is 40.1 Å². The number of esters is 1. The molecule has 0 aliphatic carbocycles. The molecule has 19 heavy (non-hydrogen) atoms. The van der Waals surface area contributed by atoms with Gasteiger partial charge in [0.15, 0.2) is 5.70 Å². The molecule has 0 amide bonds. The Morgan fingerprint density at radius 2 is 2.05 bits per heavy atom. The Bertz CT molecular complexity index is 501. The van der Waals surface area contributed by atoms with E-state index in [0.717, 1.165) is 10.5 Å². The van der Waals surface area contributed by atoms with Crippen LogP contribution >= 0.6 is 11.8 Å². The van der Waals surface area contributed by atoms with E-state index in [9.17, 15) is 4.79 Å². The van der Waals surface area contributed by atoms with Crippen LogP contribution in [0, 0.1) is 13.8 Å². The second-order valence-corrected chi connectivity index (χ2v) is 5.07. The van der Waals surface area contributed by atoms with Crippen LogP contribution in [0.1, 0.15) is 18.1 Å². The lowest BCUT2D eigenvalue weighted by Crippen LogP contribution is -2.30. The predicted molar refractivity (Wildman–Crippen MR) is 76.9 cm³/mol. The van der Waals surface area contributed by atoms with E-state index in [0.29, 0.717) is 0 Å². The summed E-state index contributed by atoms with van der Waals surface area (Å²) in [5, 5.41) is 0.282. The fourth-order valence-electron chi connectivity index (χ4n) is 1.39. The largest absolute Gasteiger partial charge is 0.461 e. The summed E-state index contributed by atoms with van der Waals surface area (Å²) in [6.07, 6.45) is 0. The van der Waals surface area contributed by atoms with Crippen LogP contribution in [0.25, 0.3) is 0 Å². The molecule has 5 nitrogen and oxygen atoms in total. The lowest BCUT2D eigenvalue weighted by Gasteiger charge is -2.10. The number of hydrazine groups is 1. The molecule has 0 heterocycles. The molecule has 0 radical (unpaired) electrons. The highest BCUT2D eigenvalue weighted by Gasteiger charge is 2.14. The molecule has 1 aromatic carbocycles. The Hall–Kier alpha value is -1.66. The third kappa shape index (κ3) is 4.18. The van der Waals surface area contributed by atoms with Gasteiger partial charge < -0.3 is 15.9 Å². The Morgan fingerprint density at radius 1 is 1.37 bits per heavy atom. The van der Waals surface area contributed by atoms with E-state index in [1.165, 1.54) is 17.3 Å². The van der Waals surface area contributed by atoms with E-state index in [4.69, 9.17) is 16.3 Å². The van der Waals surface area contributed by atoms with Crippen molar-refractivity contribution in [3.63, 3.8) is 0 Å². The first-order valence-electron chi connectivity index (χ1n) is 5.88. The van der Waals surface area contributed by atoms with Crippen molar-refractivity contribution in [2.75, 3.05) is 6.61 Å². The van der Waals surface area contributed by atoms with E-state index < -0.39 is 5.97 Å². The highest BCUT2D eigenvalue weighted by atomic mass is 32.2. The van der Waals surface area contributed by atoms with E-state index in [1.807, 2.05) is 32.0 Å². The molecule has 104 valence electrons. The summed E-state index contributed by atoms with van der Waals surface area (Å²) >= 11 is 1.27. The zero-order valence-corrected chi connectivity index (χ0v) is 12.1. The Balaban J connectivity index is 2.94. The minimum absolute atomic E-state index is 0.0741. The van der Waals surface area contributed by atoms with Crippen LogP contribution in [0.3, 0.4) is 0 Å². The number of carbonyl (C=O) groups is 1. The van der Waals surface area contributed by atoms with Gasteiger partial charge in [0.1, 0.15) is 5.03 Å². The molecular formula is C13H19N3O2S. The van der Waals surface area contributed by atoms with Crippen LogP contribution in [-0.4, -0.2) is 12.6 Å². The van der Waals surface area contributed by atoms with E-state index in [-0.39, 0.29) is 17.3 Å². The molecule has 6 heteroatoms. The third-order valence-electron chi connectivity index (χ3n) is 2.58. The quantitative estimate of drug-likeness (QED) is 0.249. The number of thioether (sulfide) groups is 1. The van der Waals surface area contributed by atoms with Gasteiger partial charge in [-0.05, 0) is 44.0 Å². The van der Waals surface area contributed by atoms with Crippen LogP contribution in [0.2, 0.25) is 0 Å². The molecule has 0 saturated carbocycles. The smallest absolute Gasteiger partial charge is 0.358 e. The van der Waals surface area contributed by atoms with Crippen LogP contribution in [0.5, 0.6) is 0 Å². The summed E-state index contributed by atoms with van der Waals surface area (Å²) in [7, 11) is 0. The highest BCUT2D eigenvalue weighted by molar-refractivity contribution is 8.03. The summed E-state index contributed by atoms with van der Waals surface area (Å²) in [5.74, 6) is 4.75. The molecule has 1 aromatic rings. The summed E-state index contributed by atoms with van der Waals surface area (Å²) in [4.78, 5) is 12.6. The second-order valence-electron chi connectivity index (χ2n) is 3.95. The number of carbonyl (C=O) groups excluding carboxylic acids is 1. The molecular weight excluding hydrogens is 262 g/mol. The summed E-state index contributed by atoms with van der Waals surface area (Å²) in [5.41, 5.74) is 10.6. The lowest BCUT2D eigenvalue weighted by atomic mass is 10.1. The van der Waals surface area contributed by atoms with Gasteiger partial charge in [0.2, 0.25) is 0 Å². The number of aryl methyl sites for hydroxylation is 2. The molecule has 0 aliphatic heterocycles.